The van der Waals surface area contributed by atoms with Gasteiger partial charge in [-0.3, -0.25) is 0 Å². The molecule has 5 aromatic rings. The standard InChI is InChI=1S/C55H65ClN2/c1-40-34-53(57(49-30-26-41-18-10-2-6-14-22-45(41)36-49)50-31-27-42-19-11-3-7-15-23-46(42)37-50)55(56)54(35-40)58(51-32-28-43-20-12-4-8-16-24-47(43)38-51)52-33-29-44-21-13-5-9-17-25-48(44)39-52/h26-39H,2-25H2,1H3. The molecule has 0 fully saturated rings. The molecule has 4 aliphatic rings. The number of halogens is 1. The van der Waals surface area contributed by atoms with Crippen molar-refractivity contribution in [3.8, 4) is 0 Å². The van der Waals surface area contributed by atoms with Gasteiger partial charge in [0.25, 0.3) is 0 Å². The lowest BCUT2D eigenvalue weighted by Gasteiger charge is -2.33. The van der Waals surface area contributed by atoms with Gasteiger partial charge in [-0.2, -0.15) is 0 Å². The topological polar surface area (TPSA) is 6.48 Å². The SMILES string of the molecule is Cc1cc(N(c2ccc3c(c2)CCCCCC3)c2ccc3c(c2)CCCCCC3)c(Cl)c(N(c2ccc3c(c2)CCCCCC3)c2ccc3c(c2)CCCCCC3)c1. The molecule has 0 unspecified atom stereocenters. The summed E-state index contributed by atoms with van der Waals surface area (Å²) in [5, 5.41) is 0.808. The second kappa shape index (κ2) is 18.5. The van der Waals surface area contributed by atoms with Crippen molar-refractivity contribution in [1.29, 1.82) is 0 Å². The molecule has 0 saturated heterocycles. The molecule has 5 aromatic carbocycles. The van der Waals surface area contributed by atoms with Crippen molar-refractivity contribution in [2.45, 2.75) is 161 Å². The second-order valence-electron chi connectivity index (χ2n) is 18.3. The highest BCUT2D eigenvalue weighted by Crippen LogP contribution is 2.49. The molecular formula is C55H65ClN2. The van der Waals surface area contributed by atoms with E-state index in [1.54, 1.807) is 0 Å². The molecule has 0 saturated carbocycles. The van der Waals surface area contributed by atoms with E-state index >= 15 is 0 Å². The van der Waals surface area contributed by atoms with E-state index in [0.29, 0.717) is 0 Å². The van der Waals surface area contributed by atoms with Crippen LogP contribution >= 0.6 is 11.6 Å². The van der Waals surface area contributed by atoms with E-state index in [9.17, 15) is 0 Å². The van der Waals surface area contributed by atoms with Crippen LogP contribution in [0.5, 0.6) is 0 Å². The number of anilines is 6. The summed E-state index contributed by atoms with van der Waals surface area (Å²) in [5.41, 5.74) is 20.4. The fourth-order valence-electron chi connectivity index (χ4n) is 10.8. The van der Waals surface area contributed by atoms with Gasteiger partial charge in [-0.25, -0.2) is 0 Å². The van der Waals surface area contributed by atoms with Crippen LogP contribution in [0.4, 0.5) is 34.1 Å². The minimum Gasteiger partial charge on any atom is -0.309 e. The van der Waals surface area contributed by atoms with E-state index in [1.807, 2.05) is 0 Å². The Labute approximate surface area is 355 Å². The van der Waals surface area contributed by atoms with E-state index in [2.05, 4.69) is 102 Å². The third kappa shape index (κ3) is 8.79. The van der Waals surface area contributed by atoms with Gasteiger partial charge in [0.05, 0.1) is 16.4 Å². The van der Waals surface area contributed by atoms with Gasteiger partial charge in [0.1, 0.15) is 0 Å². The van der Waals surface area contributed by atoms with E-state index in [4.69, 9.17) is 11.6 Å². The summed E-state index contributed by atoms with van der Waals surface area (Å²) in [7, 11) is 0. The first-order valence-electron chi connectivity index (χ1n) is 23.5. The van der Waals surface area contributed by atoms with Crippen LogP contribution in [0.15, 0.2) is 84.9 Å². The average molecular weight is 790 g/mol. The molecule has 3 heteroatoms. The molecule has 9 rings (SSSR count). The summed E-state index contributed by atoms with van der Waals surface area (Å²) < 4.78 is 0. The summed E-state index contributed by atoms with van der Waals surface area (Å²) in [6, 6.07) is 34.0. The van der Waals surface area contributed by atoms with Gasteiger partial charge < -0.3 is 9.80 Å². The molecular weight excluding hydrogens is 724 g/mol. The average Bonchev–Trinajstić information content (AvgIpc) is 3.18. The Morgan fingerprint density at radius 1 is 0.310 bits per heavy atom. The molecule has 2 nitrogen and oxygen atoms in total. The Morgan fingerprint density at radius 3 is 0.810 bits per heavy atom. The fourth-order valence-corrected chi connectivity index (χ4v) is 11.0. The molecule has 302 valence electrons. The van der Waals surface area contributed by atoms with Gasteiger partial charge in [-0.1, -0.05) is 87.2 Å². The number of nitrogens with zero attached hydrogens (tertiary/aromatic N) is 2. The number of benzene rings is 5. The molecule has 0 atom stereocenters. The predicted molar refractivity (Wildman–Crippen MR) is 249 cm³/mol. The number of hydrogen-bond acceptors (Lipinski definition) is 2. The van der Waals surface area contributed by atoms with Gasteiger partial charge in [-0.05, 0) is 220 Å². The summed E-state index contributed by atoms with van der Waals surface area (Å²) in [5.74, 6) is 0. The molecule has 0 bridgehead atoms. The Morgan fingerprint density at radius 2 is 0.552 bits per heavy atom. The molecule has 0 amide bonds. The van der Waals surface area contributed by atoms with E-state index < -0.39 is 0 Å². The largest absolute Gasteiger partial charge is 0.309 e. The van der Waals surface area contributed by atoms with E-state index in [1.165, 1.54) is 201 Å². The van der Waals surface area contributed by atoms with Crippen molar-refractivity contribution < 1.29 is 0 Å². The maximum absolute atomic E-state index is 8.05. The van der Waals surface area contributed by atoms with Crippen LogP contribution in [0.1, 0.15) is 153 Å². The minimum absolute atomic E-state index is 0.808. The van der Waals surface area contributed by atoms with Gasteiger partial charge in [0, 0.05) is 22.7 Å². The lowest BCUT2D eigenvalue weighted by molar-refractivity contribution is 0.617. The van der Waals surface area contributed by atoms with E-state index in [0.717, 1.165) is 42.1 Å². The van der Waals surface area contributed by atoms with Crippen molar-refractivity contribution in [1.82, 2.24) is 0 Å². The number of aryl methyl sites for hydroxylation is 9. The first-order valence-corrected chi connectivity index (χ1v) is 23.8. The molecule has 0 N–H and O–H groups in total. The number of fused-ring (bicyclic) bond motifs is 4. The zero-order valence-electron chi connectivity index (χ0n) is 35.3. The molecule has 0 spiro atoms. The Bertz CT molecular complexity index is 1940. The van der Waals surface area contributed by atoms with Gasteiger partial charge in [0.15, 0.2) is 0 Å². The molecule has 4 aliphatic carbocycles. The highest BCUT2D eigenvalue weighted by Gasteiger charge is 2.26. The summed E-state index contributed by atoms with van der Waals surface area (Å²) >= 11 is 8.05. The first-order chi connectivity index (χ1) is 28.6. The molecule has 0 aromatic heterocycles. The third-order valence-corrected chi connectivity index (χ3v) is 14.4. The van der Waals surface area contributed by atoms with Crippen molar-refractivity contribution in [3.05, 3.63) is 140 Å². The summed E-state index contributed by atoms with van der Waals surface area (Å²) in [6.45, 7) is 2.27. The van der Waals surface area contributed by atoms with Gasteiger partial charge in [-0.15, -0.1) is 0 Å². The quantitative estimate of drug-likeness (QED) is 0.169. The molecule has 0 radical (unpaired) electrons. The van der Waals surface area contributed by atoms with Crippen molar-refractivity contribution in [2.24, 2.45) is 0 Å². The molecule has 58 heavy (non-hydrogen) atoms. The zero-order chi connectivity index (χ0) is 39.3. The van der Waals surface area contributed by atoms with E-state index in [-0.39, 0.29) is 0 Å². The minimum atomic E-state index is 0.808. The van der Waals surface area contributed by atoms with Crippen LogP contribution in [0.25, 0.3) is 0 Å². The predicted octanol–water partition coefficient (Wildman–Crippen LogP) is 16.2. The molecule has 0 heterocycles. The maximum Gasteiger partial charge on any atom is 0.0887 e. The fraction of sp³-hybridized carbons (Fsp3) is 0.455. The van der Waals surface area contributed by atoms with Crippen molar-refractivity contribution in [2.75, 3.05) is 9.80 Å². The lowest BCUT2D eigenvalue weighted by atomic mass is 9.91. The smallest absolute Gasteiger partial charge is 0.0887 e. The van der Waals surface area contributed by atoms with Crippen LogP contribution in [0, 0.1) is 6.92 Å². The maximum atomic E-state index is 8.05. The van der Waals surface area contributed by atoms with Crippen LogP contribution in [0.3, 0.4) is 0 Å². The van der Waals surface area contributed by atoms with Gasteiger partial charge in [0.2, 0.25) is 0 Å². The first kappa shape index (κ1) is 39.5. The zero-order valence-corrected chi connectivity index (χ0v) is 36.1. The van der Waals surface area contributed by atoms with Crippen molar-refractivity contribution in [3.63, 3.8) is 0 Å². The van der Waals surface area contributed by atoms with Crippen LogP contribution < -0.4 is 9.80 Å². The van der Waals surface area contributed by atoms with Crippen LogP contribution in [-0.2, 0) is 51.4 Å². The Hall–Kier alpha value is -4.01. The lowest BCUT2D eigenvalue weighted by Crippen LogP contribution is -2.17. The highest BCUT2D eigenvalue weighted by molar-refractivity contribution is 6.36. The van der Waals surface area contributed by atoms with Crippen molar-refractivity contribution >= 4 is 45.7 Å². The highest BCUT2D eigenvalue weighted by atomic mass is 35.5. The molecule has 0 aliphatic heterocycles. The van der Waals surface area contributed by atoms with Gasteiger partial charge >= 0.3 is 0 Å². The number of rotatable bonds is 6. The van der Waals surface area contributed by atoms with Crippen LogP contribution in [-0.4, -0.2) is 0 Å². The normalized spacial score (nSPS) is 17.6. The Balaban J connectivity index is 1.23. The number of hydrogen-bond donors (Lipinski definition) is 0. The summed E-state index contributed by atoms with van der Waals surface area (Å²) in [6.07, 6.45) is 30.2. The summed E-state index contributed by atoms with van der Waals surface area (Å²) in [4.78, 5) is 5.02. The third-order valence-electron chi connectivity index (χ3n) is 14.0. The second-order valence-corrected chi connectivity index (χ2v) is 18.6. The Kier molecular flexibility index (Phi) is 12.6. The monoisotopic (exact) mass is 788 g/mol. The van der Waals surface area contributed by atoms with Crippen LogP contribution in [0.2, 0.25) is 5.02 Å².